The summed E-state index contributed by atoms with van der Waals surface area (Å²) in [5, 5.41) is 2.43. The number of fused-ring (bicyclic) bond motifs is 5. The summed E-state index contributed by atoms with van der Waals surface area (Å²) in [5.41, 5.74) is 2.26. The van der Waals surface area contributed by atoms with Crippen molar-refractivity contribution in [1.82, 2.24) is 9.55 Å². The maximum Gasteiger partial charge on any atom is 0.181 e. The topological polar surface area (TPSA) is 27.1 Å². The van der Waals surface area contributed by atoms with Gasteiger partial charge in [-0.1, -0.05) is 30.3 Å². The number of aromatic nitrogens is 2. The van der Waals surface area contributed by atoms with Crippen LogP contribution in [0.5, 0.6) is 11.5 Å². The van der Waals surface area contributed by atoms with Crippen LogP contribution in [0.2, 0.25) is 0 Å². The first kappa shape index (κ1) is 10.0. The molecule has 3 heteroatoms. The highest BCUT2D eigenvalue weighted by Gasteiger charge is 2.23. The van der Waals surface area contributed by atoms with Gasteiger partial charge in [0.1, 0.15) is 0 Å². The third-order valence-electron chi connectivity index (χ3n) is 3.84. The molecular weight excluding hydrogens is 248 g/mol. The van der Waals surface area contributed by atoms with Crippen LogP contribution in [0.25, 0.3) is 27.6 Å². The van der Waals surface area contributed by atoms with Crippen molar-refractivity contribution >= 4 is 21.8 Å². The van der Waals surface area contributed by atoms with Crippen molar-refractivity contribution in [2.24, 2.45) is 0 Å². The lowest BCUT2D eigenvalue weighted by Gasteiger charge is -2.19. The van der Waals surface area contributed by atoms with E-state index in [9.17, 15) is 0 Å². The molecule has 2 aromatic heterocycles. The van der Waals surface area contributed by atoms with Crippen molar-refractivity contribution in [3.05, 3.63) is 60.8 Å². The summed E-state index contributed by atoms with van der Waals surface area (Å²) in [6, 6.07) is 18.4. The van der Waals surface area contributed by atoms with E-state index < -0.39 is 0 Å². The first-order valence-corrected chi connectivity index (χ1v) is 6.59. The molecule has 4 aromatic rings. The number of hydrogen-bond donors (Lipinski definition) is 0. The van der Waals surface area contributed by atoms with Crippen LogP contribution in [0, 0.1) is 0 Å². The molecule has 0 N–H and O–H groups in total. The van der Waals surface area contributed by atoms with Crippen LogP contribution in [-0.2, 0) is 0 Å². The van der Waals surface area contributed by atoms with Gasteiger partial charge in [0.05, 0.1) is 11.0 Å². The third-order valence-corrected chi connectivity index (χ3v) is 3.84. The Morgan fingerprint density at radius 1 is 0.800 bits per heavy atom. The van der Waals surface area contributed by atoms with E-state index in [4.69, 9.17) is 4.74 Å². The number of ether oxygens (including phenoxy) is 1. The van der Waals surface area contributed by atoms with Gasteiger partial charge in [0, 0.05) is 17.0 Å². The molecule has 0 saturated carbocycles. The summed E-state index contributed by atoms with van der Waals surface area (Å²) in [4.78, 5) is 4.50. The van der Waals surface area contributed by atoms with Crippen LogP contribution < -0.4 is 4.74 Å². The van der Waals surface area contributed by atoms with Gasteiger partial charge in [-0.3, -0.25) is 4.57 Å². The first-order valence-electron chi connectivity index (χ1n) is 6.59. The van der Waals surface area contributed by atoms with Crippen LogP contribution in [-0.4, -0.2) is 9.55 Å². The molecule has 0 radical (unpaired) electrons. The predicted octanol–water partition coefficient (Wildman–Crippen LogP) is 4.28. The smallest absolute Gasteiger partial charge is 0.181 e. The van der Waals surface area contributed by atoms with E-state index >= 15 is 0 Å². The molecule has 0 amide bonds. The van der Waals surface area contributed by atoms with E-state index in [1.807, 2.05) is 24.3 Å². The largest absolute Gasteiger partial charge is 0.451 e. The second kappa shape index (κ2) is 3.39. The molecule has 0 spiro atoms. The molecular formula is C17H10N2O. The molecule has 0 saturated heterocycles. The molecule has 5 rings (SSSR count). The molecule has 94 valence electrons. The normalized spacial score (nSPS) is 12.4. The van der Waals surface area contributed by atoms with E-state index in [1.165, 1.54) is 16.3 Å². The number of benzene rings is 2. The fraction of sp³-hybridized carbons (Fsp3) is 0. The van der Waals surface area contributed by atoms with Crippen LogP contribution in [0.15, 0.2) is 60.8 Å². The molecule has 3 nitrogen and oxygen atoms in total. The minimum absolute atomic E-state index is 0.800. The summed E-state index contributed by atoms with van der Waals surface area (Å²) >= 11 is 0. The van der Waals surface area contributed by atoms with Crippen LogP contribution >= 0.6 is 0 Å². The maximum absolute atomic E-state index is 6.00. The Morgan fingerprint density at radius 2 is 1.65 bits per heavy atom. The van der Waals surface area contributed by atoms with Crippen molar-refractivity contribution in [1.29, 1.82) is 0 Å². The molecule has 0 unspecified atom stereocenters. The maximum atomic E-state index is 6.00. The summed E-state index contributed by atoms with van der Waals surface area (Å²) in [7, 11) is 0. The highest BCUT2D eigenvalue weighted by atomic mass is 16.5. The molecule has 0 aliphatic carbocycles. The summed E-state index contributed by atoms with van der Waals surface area (Å²) in [6.45, 7) is 0. The molecule has 2 aromatic carbocycles. The molecule has 3 heterocycles. The fourth-order valence-corrected chi connectivity index (χ4v) is 3.04. The highest BCUT2D eigenvalue weighted by Crippen LogP contribution is 2.43. The van der Waals surface area contributed by atoms with E-state index in [-0.39, 0.29) is 0 Å². The van der Waals surface area contributed by atoms with Crippen molar-refractivity contribution < 1.29 is 4.74 Å². The lowest BCUT2D eigenvalue weighted by atomic mass is 10.1. The van der Waals surface area contributed by atoms with Gasteiger partial charge in [-0.05, 0) is 24.3 Å². The van der Waals surface area contributed by atoms with Crippen molar-refractivity contribution in [2.75, 3.05) is 0 Å². The number of rotatable bonds is 0. The predicted molar refractivity (Wildman–Crippen MR) is 78.7 cm³/mol. The average molecular weight is 258 g/mol. The Hall–Kier alpha value is -2.81. The van der Waals surface area contributed by atoms with Crippen LogP contribution in [0.3, 0.4) is 0 Å². The van der Waals surface area contributed by atoms with Crippen LogP contribution in [0.4, 0.5) is 0 Å². The number of pyridine rings is 1. The van der Waals surface area contributed by atoms with E-state index in [2.05, 4.69) is 39.9 Å². The molecule has 20 heavy (non-hydrogen) atoms. The Bertz CT molecular complexity index is 985. The first-order chi connectivity index (χ1) is 9.93. The minimum atomic E-state index is 0.800. The van der Waals surface area contributed by atoms with Gasteiger partial charge in [0.25, 0.3) is 0 Å². The van der Waals surface area contributed by atoms with Crippen molar-refractivity contribution in [3.63, 3.8) is 0 Å². The van der Waals surface area contributed by atoms with Crippen molar-refractivity contribution in [3.8, 4) is 17.3 Å². The van der Waals surface area contributed by atoms with Gasteiger partial charge in [-0.25, -0.2) is 4.98 Å². The lowest BCUT2D eigenvalue weighted by Crippen LogP contribution is -2.05. The van der Waals surface area contributed by atoms with E-state index in [0.717, 1.165) is 22.8 Å². The Balaban J connectivity index is 2.12. The zero-order valence-electron chi connectivity index (χ0n) is 10.6. The van der Waals surface area contributed by atoms with Gasteiger partial charge >= 0.3 is 0 Å². The van der Waals surface area contributed by atoms with E-state index in [1.54, 1.807) is 6.20 Å². The molecule has 0 atom stereocenters. The van der Waals surface area contributed by atoms with E-state index in [0.29, 0.717) is 0 Å². The number of hydrogen-bond acceptors (Lipinski definition) is 2. The second-order valence-corrected chi connectivity index (χ2v) is 4.93. The van der Waals surface area contributed by atoms with Crippen molar-refractivity contribution in [2.45, 2.75) is 0 Å². The quantitative estimate of drug-likeness (QED) is 0.414. The lowest BCUT2D eigenvalue weighted by molar-refractivity contribution is 0.473. The summed E-state index contributed by atoms with van der Waals surface area (Å²) in [6.07, 6.45) is 1.80. The zero-order chi connectivity index (χ0) is 13.1. The van der Waals surface area contributed by atoms with Crippen LogP contribution in [0.1, 0.15) is 0 Å². The number of para-hydroxylation sites is 2. The molecule has 0 bridgehead atoms. The monoisotopic (exact) mass is 258 g/mol. The Labute approximate surface area is 115 Å². The minimum Gasteiger partial charge on any atom is -0.451 e. The van der Waals surface area contributed by atoms with Gasteiger partial charge in [0.15, 0.2) is 17.3 Å². The van der Waals surface area contributed by atoms with Gasteiger partial charge in [-0.2, -0.15) is 0 Å². The fourth-order valence-electron chi connectivity index (χ4n) is 3.04. The molecule has 1 aliphatic heterocycles. The SMILES string of the molecule is c1cnc2c(c1)Oc1cccc3c4ccccc4n-2c13. The highest BCUT2D eigenvalue weighted by molar-refractivity contribution is 6.11. The zero-order valence-corrected chi connectivity index (χ0v) is 10.6. The second-order valence-electron chi connectivity index (χ2n) is 4.93. The molecule has 1 aliphatic rings. The summed E-state index contributed by atoms with van der Waals surface area (Å²) < 4.78 is 8.19. The molecule has 0 fully saturated rings. The van der Waals surface area contributed by atoms with Gasteiger partial charge in [0.2, 0.25) is 0 Å². The third kappa shape index (κ3) is 1.08. The van der Waals surface area contributed by atoms with Gasteiger partial charge < -0.3 is 4.74 Å². The average Bonchev–Trinajstić information content (AvgIpc) is 2.85. The Morgan fingerprint density at radius 3 is 2.65 bits per heavy atom. The van der Waals surface area contributed by atoms with Gasteiger partial charge in [-0.15, -0.1) is 0 Å². The Kier molecular flexibility index (Phi) is 1.70. The number of nitrogens with zero attached hydrogens (tertiary/aromatic N) is 2. The standard InChI is InChI=1S/C17H10N2O/c1-2-7-13-11(5-1)12-6-3-8-14-16(12)19(13)17-15(20-14)9-4-10-18-17/h1-10H. The summed E-state index contributed by atoms with van der Waals surface area (Å²) in [5.74, 6) is 2.55.